The third kappa shape index (κ3) is 1.49. The zero-order valence-electron chi connectivity index (χ0n) is 9.24. The maximum absolute atomic E-state index is 14.3. The van der Waals surface area contributed by atoms with Crippen molar-refractivity contribution in [1.82, 2.24) is 0 Å². The molecule has 0 spiro atoms. The standard InChI is InChI=1S/C15H12ClF/c16-15(17)11-14(15,12-7-3-1-4-8-12)13-9-5-2-6-10-13/h1-10H,11H2/t15-/m0/s1. The van der Waals surface area contributed by atoms with Crippen molar-refractivity contribution >= 4 is 11.6 Å². The third-order valence-corrected chi connectivity index (χ3v) is 3.98. The van der Waals surface area contributed by atoms with Crippen LogP contribution in [-0.4, -0.2) is 5.13 Å². The second-order valence-corrected chi connectivity index (χ2v) is 5.12. The fourth-order valence-electron chi connectivity index (χ4n) is 2.53. The van der Waals surface area contributed by atoms with E-state index in [1.54, 1.807) is 0 Å². The Bertz CT molecular complexity index is 480. The van der Waals surface area contributed by atoms with Crippen LogP contribution in [0.3, 0.4) is 0 Å². The molecule has 86 valence electrons. The van der Waals surface area contributed by atoms with Gasteiger partial charge in [-0.3, -0.25) is 0 Å². The number of hydrogen-bond acceptors (Lipinski definition) is 0. The summed E-state index contributed by atoms with van der Waals surface area (Å²) in [5.41, 5.74) is 1.23. The lowest BCUT2D eigenvalue weighted by molar-refractivity contribution is 0.391. The molecule has 0 aliphatic heterocycles. The van der Waals surface area contributed by atoms with Crippen LogP contribution in [0, 0.1) is 0 Å². The van der Waals surface area contributed by atoms with Crippen LogP contribution in [0.15, 0.2) is 60.7 Å². The SMILES string of the molecule is F[C@@]1(Cl)CC1(c1ccccc1)c1ccccc1. The summed E-state index contributed by atoms with van der Waals surface area (Å²) in [6.07, 6.45) is 0.343. The first-order chi connectivity index (χ1) is 8.17. The highest BCUT2D eigenvalue weighted by molar-refractivity contribution is 6.26. The van der Waals surface area contributed by atoms with E-state index >= 15 is 0 Å². The van der Waals surface area contributed by atoms with Gasteiger partial charge in [-0.25, -0.2) is 4.39 Å². The van der Waals surface area contributed by atoms with Gasteiger partial charge in [-0.15, -0.1) is 0 Å². The maximum Gasteiger partial charge on any atom is 0.198 e. The lowest BCUT2D eigenvalue weighted by Crippen LogP contribution is -2.17. The van der Waals surface area contributed by atoms with E-state index in [0.717, 1.165) is 11.1 Å². The molecule has 17 heavy (non-hydrogen) atoms. The van der Waals surface area contributed by atoms with Gasteiger partial charge in [0.15, 0.2) is 5.13 Å². The summed E-state index contributed by atoms with van der Waals surface area (Å²) < 4.78 is 14.3. The smallest absolute Gasteiger partial charge is 0.198 e. The van der Waals surface area contributed by atoms with E-state index in [2.05, 4.69) is 0 Å². The van der Waals surface area contributed by atoms with Gasteiger partial charge in [-0.2, -0.15) is 0 Å². The highest BCUT2D eigenvalue weighted by atomic mass is 35.5. The highest BCUT2D eigenvalue weighted by Gasteiger charge is 2.70. The Labute approximate surface area is 105 Å². The maximum atomic E-state index is 14.3. The molecule has 2 aromatic carbocycles. The van der Waals surface area contributed by atoms with Crippen LogP contribution in [0.2, 0.25) is 0 Å². The van der Waals surface area contributed by atoms with Crippen LogP contribution in [0.1, 0.15) is 17.5 Å². The van der Waals surface area contributed by atoms with Crippen molar-refractivity contribution in [3.05, 3.63) is 71.8 Å². The molecular formula is C15H12ClF. The monoisotopic (exact) mass is 246 g/mol. The Morgan fingerprint density at radius 2 is 1.18 bits per heavy atom. The molecule has 0 aromatic heterocycles. The topological polar surface area (TPSA) is 0 Å². The predicted octanol–water partition coefficient (Wildman–Crippen LogP) is 4.28. The Kier molecular flexibility index (Phi) is 2.27. The average Bonchev–Trinajstić information content (AvgIpc) is 2.96. The van der Waals surface area contributed by atoms with Crippen LogP contribution in [0.5, 0.6) is 0 Å². The number of rotatable bonds is 2. The Morgan fingerprint density at radius 3 is 1.47 bits per heavy atom. The predicted molar refractivity (Wildman–Crippen MR) is 68.0 cm³/mol. The molecule has 1 saturated carbocycles. The summed E-state index contributed by atoms with van der Waals surface area (Å²) in [7, 11) is 0. The molecule has 0 radical (unpaired) electrons. The summed E-state index contributed by atoms with van der Waals surface area (Å²) in [5, 5.41) is -1.66. The quantitative estimate of drug-likeness (QED) is 0.694. The number of alkyl halides is 2. The number of hydrogen-bond donors (Lipinski definition) is 0. The molecule has 1 atom stereocenters. The Hall–Kier alpha value is -1.34. The van der Waals surface area contributed by atoms with Gasteiger partial charge < -0.3 is 0 Å². The van der Waals surface area contributed by atoms with Gasteiger partial charge in [0, 0.05) is 6.42 Å². The second kappa shape index (κ2) is 3.58. The normalized spacial score (nSPS) is 25.5. The van der Waals surface area contributed by atoms with Crippen molar-refractivity contribution in [2.24, 2.45) is 0 Å². The molecule has 1 aliphatic rings. The van der Waals surface area contributed by atoms with Crippen LogP contribution >= 0.6 is 11.6 Å². The van der Waals surface area contributed by atoms with Gasteiger partial charge >= 0.3 is 0 Å². The lowest BCUT2D eigenvalue weighted by atomic mass is 9.88. The van der Waals surface area contributed by atoms with E-state index in [-0.39, 0.29) is 0 Å². The molecule has 0 N–H and O–H groups in total. The molecule has 0 heterocycles. The van der Waals surface area contributed by atoms with Crippen LogP contribution in [-0.2, 0) is 5.41 Å². The largest absolute Gasteiger partial charge is 0.225 e. The van der Waals surface area contributed by atoms with Gasteiger partial charge in [-0.05, 0) is 11.1 Å². The van der Waals surface area contributed by atoms with Crippen LogP contribution in [0.4, 0.5) is 4.39 Å². The van der Waals surface area contributed by atoms with Crippen molar-refractivity contribution in [2.75, 3.05) is 0 Å². The molecule has 0 bridgehead atoms. The first kappa shape index (κ1) is 10.8. The van der Waals surface area contributed by atoms with Gasteiger partial charge in [0.1, 0.15) is 0 Å². The highest BCUT2D eigenvalue weighted by Crippen LogP contribution is 2.66. The lowest BCUT2D eigenvalue weighted by Gasteiger charge is -2.18. The minimum atomic E-state index is -1.66. The zero-order chi connectivity index (χ0) is 11.9. The average molecular weight is 247 g/mol. The minimum Gasteiger partial charge on any atom is -0.225 e. The van der Waals surface area contributed by atoms with E-state index in [9.17, 15) is 4.39 Å². The summed E-state index contributed by atoms with van der Waals surface area (Å²) in [6, 6.07) is 19.3. The first-order valence-corrected chi connectivity index (χ1v) is 6.03. The second-order valence-electron chi connectivity index (χ2n) is 4.52. The van der Waals surface area contributed by atoms with E-state index in [4.69, 9.17) is 11.6 Å². The number of benzene rings is 2. The molecule has 0 amide bonds. The summed E-state index contributed by atoms with van der Waals surface area (Å²) in [6.45, 7) is 0. The van der Waals surface area contributed by atoms with Crippen molar-refractivity contribution in [2.45, 2.75) is 17.0 Å². The van der Waals surface area contributed by atoms with Crippen LogP contribution < -0.4 is 0 Å². The molecule has 1 aliphatic carbocycles. The fraction of sp³-hybridized carbons (Fsp3) is 0.200. The summed E-state index contributed by atoms with van der Waals surface area (Å²) in [4.78, 5) is 0. The van der Waals surface area contributed by atoms with E-state index < -0.39 is 10.5 Å². The summed E-state index contributed by atoms with van der Waals surface area (Å²) in [5.74, 6) is 0. The van der Waals surface area contributed by atoms with E-state index in [0.29, 0.717) is 6.42 Å². The third-order valence-electron chi connectivity index (χ3n) is 3.52. The van der Waals surface area contributed by atoms with Gasteiger partial charge in [0.05, 0.1) is 5.41 Å². The summed E-state index contributed by atoms with van der Waals surface area (Å²) >= 11 is 5.97. The molecule has 1 fully saturated rings. The Morgan fingerprint density at radius 1 is 0.824 bits per heavy atom. The fourth-order valence-corrected chi connectivity index (χ4v) is 2.95. The van der Waals surface area contributed by atoms with Gasteiger partial charge in [0.25, 0.3) is 0 Å². The molecule has 2 aromatic rings. The molecule has 0 unspecified atom stereocenters. The van der Waals surface area contributed by atoms with Gasteiger partial charge in [0.2, 0.25) is 0 Å². The molecule has 2 heteroatoms. The van der Waals surface area contributed by atoms with E-state index in [1.807, 2.05) is 60.7 Å². The van der Waals surface area contributed by atoms with Crippen molar-refractivity contribution < 1.29 is 4.39 Å². The van der Waals surface area contributed by atoms with Crippen LogP contribution in [0.25, 0.3) is 0 Å². The molecule has 3 rings (SSSR count). The first-order valence-electron chi connectivity index (χ1n) is 5.66. The van der Waals surface area contributed by atoms with Gasteiger partial charge in [-0.1, -0.05) is 72.3 Å². The van der Waals surface area contributed by atoms with Crippen molar-refractivity contribution in [1.29, 1.82) is 0 Å². The van der Waals surface area contributed by atoms with E-state index in [1.165, 1.54) is 0 Å². The van der Waals surface area contributed by atoms with Crippen molar-refractivity contribution in [3.8, 4) is 0 Å². The molecular weight excluding hydrogens is 235 g/mol. The zero-order valence-corrected chi connectivity index (χ0v) is 9.99. The van der Waals surface area contributed by atoms with Crippen molar-refractivity contribution in [3.63, 3.8) is 0 Å². The minimum absolute atomic E-state index is 0.343. The number of halogens is 2. The molecule has 0 nitrogen and oxygen atoms in total. The molecule has 0 saturated heterocycles. The Balaban J connectivity index is 2.15.